The molecule has 2 aromatic heterocycles. The van der Waals surface area contributed by atoms with Crippen LogP contribution in [0.15, 0.2) is 0 Å². The normalized spacial score (nSPS) is 19.9. The number of hydrogen-bond acceptors (Lipinski definition) is 5. The molecule has 2 N–H and O–H groups in total. The molecule has 0 atom stereocenters. The number of hydrogen-bond donors (Lipinski definition) is 1. The van der Waals surface area contributed by atoms with Crippen LogP contribution in [0.3, 0.4) is 0 Å². The molecule has 6 heteroatoms. The smallest absolute Gasteiger partial charge is 0.234 e. The molecular weight excluding hydrogens is 234 g/mol. The van der Waals surface area contributed by atoms with Gasteiger partial charge in [-0.2, -0.15) is 9.61 Å². The van der Waals surface area contributed by atoms with E-state index in [0.29, 0.717) is 0 Å². The van der Waals surface area contributed by atoms with Gasteiger partial charge < -0.3 is 5.73 Å². The summed E-state index contributed by atoms with van der Waals surface area (Å²) < 4.78 is 1.85. The van der Waals surface area contributed by atoms with Crippen LogP contribution in [0.5, 0.6) is 0 Å². The van der Waals surface area contributed by atoms with Gasteiger partial charge in [-0.15, -0.1) is 10.2 Å². The quantitative estimate of drug-likeness (QED) is 0.884. The van der Waals surface area contributed by atoms with Crippen molar-refractivity contribution < 1.29 is 0 Å². The highest BCUT2D eigenvalue weighted by molar-refractivity contribution is 7.16. The SMILES string of the molecule is CCc1nnc2sc(C3(N)CCCCC3)nn12. The summed E-state index contributed by atoms with van der Waals surface area (Å²) in [5.41, 5.74) is 6.25. The van der Waals surface area contributed by atoms with Gasteiger partial charge in [0.25, 0.3) is 0 Å². The first-order valence-corrected chi connectivity index (χ1v) is 7.05. The molecule has 0 radical (unpaired) electrons. The minimum atomic E-state index is -0.228. The summed E-state index contributed by atoms with van der Waals surface area (Å²) in [7, 11) is 0. The zero-order chi connectivity index (χ0) is 11.9. The van der Waals surface area contributed by atoms with Crippen LogP contribution in [-0.2, 0) is 12.0 Å². The highest BCUT2D eigenvalue weighted by atomic mass is 32.1. The maximum atomic E-state index is 6.48. The molecule has 17 heavy (non-hydrogen) atoms. The Labute approximate surface area is 104 Å². The molecule has 1 fully saturated rings. The molecule has 5 nitrogen and oxygen atoms in total. The van der Waals surface area contributed by atoms with Crippen LogP contribution in [0.4, 0.5) is 0 Å². The molecule has 0 bridgehead atoms. The molecule has 1 aliphatic carbocycles. The Bertz CT molecular complexity index is 523. The fourth-order valence-electron chi connectivity index (χ4n) is 2.48. The van der Waals surface area contributed by atoms with E-state index < -0.39 is 0 Å². The largest absolute Gasteiger partial charge is 0.319 e. The number of aromatic nitrogens is 4. The first-order valence-electron chi connectivity index (χ1n) is 6.23. The minimum absolute atomic E-state index is 0.228. The number of nitrogens with two attached hydrogens (primary N) is 1. The molecule has 0 aromatic carbocycles. The Hall–Kier alpha value is -1.01. The van der Waals surface area contributed by atoms with Crippen molar-refractivity contribution in [1.29, 1.82) is 0 Å². The second kappa shape index (κ2) is 4.03. The molecule has 0 unspecified atom stereocenters. The number of nitrogens with zero attached hydrogens (tertiary/aromatic N) is 4. The van der Waals surface area contributed by atoms with E-state index in [1.807, 2.05) is 4.52 Å². The minimum Gasteiger partial charge on any atom is -0.319 e. The fraction of sp³-hybridized carbons (Fsp3) is 0.727. The van der Waals surface area contributed by atoms with Gasteiger partial charge in [-0.25, -0.2) is 0 Å². The van der Waals surface area contributed by atoms with E-state index in [2.05, 4.69) is 22.2 Å². The summed E-state index contributed by atoms with van der Waals surface area (Å²) in [5.74, 6) is 0.918. The molecule has 0 saturated heterocycles. The lowest BCUT2D eigenvalue weighted by Gasteiger charge is -2.30. The Morgan fingerprint density at radius 1 is 1.29 bits per heavy atom. The molecule has 0 amide bonds. The molecule has 92 valence electrons. The van der Waals surface area contributed by atoms with E-state index in [9.17, 15) is 0 Å². The third kappa shape index (κ3) is 1.75. The van der Waals surface area contributed by atoms with E-state index in [1.54, 1.807) is 11.3 Å². The Morgan fingerprint density at radius 3 is 2.76 bits per heavy atom. The van der Waals surface area contributed by atoms with Gasteiger partial charge in [0.1, 0.15) is 5.01 Å². The van der Waals surface area contributed by atoms with Gasteiger partial charge >= 0.3 is 0 Å². The van der Waals surface area contributed by atoms with Crippen molar-refractivity contribution >= 4 is 16.3 Å². The summed E-state index contributed by atoms with van der Waals surface area (Å²) in [6.45, 7) is 2.06. The second-order valence-corrected chi connectivity index (χ2v) is 5.74. The second-order valence-electron chi connectivity index (χ2n) is 4.79. The topological polar surface area (TPSA) is 69.1 Å². The van der Waals surface area contributed by atoms with Crippen LogP contribution >= 0.6 is 11.3 Å². The molecule has 2 heterocycles. The number of aryl methyl sites for hydroxylation is 1. The van der Waals surface area contributed by atoms with Crippen molar-refractivity contribution in [3.05, 3.63) is 10.8 Å². The van der Waals surface area contributed by atoms with Gasteiger partial charge in [-0.1, -0.05) is 37.5 Å². The van der Waals surface area contributed by atoms with Crippen LogP contribution in [0.1, 0.15) is 49.9 Å². The van der Waals surface area contributed by atoms with Gasteiger partial charge in [0.15, 0.2) is 5.82 Å². The summed E-state index contributed by atoms with van der Waals surface area (Å²) in [6.07, 6.45) is 6.64. The molecule has 0 spiro atoms. The lowest BCUT2D eigenvalue weighted by Crippen LogP contribution is -2.38. The van der Waals surface area contributed by atoms with Crippen molar-refractivity contribution in [3.8, 4) is 0 Å². The highest BCUT2D eigenvalue weighted by Gasteiger charge is 2.33. The Kier molecular flexibility index (Phi) is 2.63. The molecule has 1 aliphatic rings. The molecule has 3 rings (SSSR count). The summed E-state index contributed by atoms with van der Waals surface area (Å²) in [5, 5.41) is 13.9. The standard InChI is InChI=1S/C11H17N5S/c1-2-8-13-14-10-16(8)15-9(17-10)11(12)6-4-3-5-7-11/h2-7,12H2,1H3. The predicted octanol–water partition coefficient (Wildman–Crippen LogP) is 1.87. The summed E-state index contributed by atoms with van der Waals surface area (Å²) >= 11 is 1.59. The van der Waals surface area contributed by atoms with Gasteiger partial charge in [-0.3, -0.25) is 0 Å². The average Bonchev–Trinajstić information content (AvgIpc) is 2.89. The van der Waals surface area contributed by atoms with Crippen LogP contribution < -0.4 is 5.73 Å². The summed E-state index contributed by atoms with van der Waals surface area (Å²) in [6, 6.07) is 0. The van der Waals surface area contributed by atoms with Crippen molar-refractivity contribution in [1.82, 2.24) is 19.8 Å². The van der Waals surface area contributed by atoms with Crippen LogP contribution in [0.25, 0.3) is 4.96 Å². The van der Waals surface area contributed by atoms with Crippen molar-refractivity contribution in [2.24, 2.45) is 5.73 Å². The van der Waals surface area contributed by atoms with Crippen LogP contribution in [-0.4, -0.2) is 19.8 Å². The van der Waals surface area contributed by atoms with Crippen LogP contribution in [0.2, 0.25) is 0 Å². The van der Waals surface area contributed by atoms with E-state index in [1.165, 1.54) is 19.3 Å². The highest BCUT2D eigenvalue weighted by Crippen LogP contribution is 2.36. The summed E-state index contributed by atoms with van der Waals surface area (Å²) in [4.78, 5) is 0.868. The lowest BCUT2D eigenvalue weighted by atomic mass is 9.83. The maximum absolute atomic E-state index is 6.48. The molecule has 1 saturated carbocycles. The van der Waals surface area contributed by atoms with Gasteiger partial charge in [0.05, 0.1) is 5.54 Å². The zero-order valence-corrected chi connectivity index (χ0v) is 10.8. The van der Waals surface area contributed by atoms with E-state index >= 15 is 0 Å². The monoisotopic (exact) mass is 251 g/mol. The number of fused-ring (bicyclic) bond motifs is 1. The van der Waals surface area contributed by atoms with Crippen molar-refractivity contribution in [2.75, 3.05) is 0 Å². The van der Waals surface area contributed by atoms with Gasteiger partial charge in [0, 0.05) is 6.42 Å². The zero-order valence-electron chi connectivity index (χ0n) is 10.0. The Balaban J connectivity index is 2.02. The fourth-order valence-corrected chi connectivity index (χ4v) is 3.49. The van der Waals surface area contributed by atoms with E-state index in [-0.39, 0.29) is 5.54 Å². The van der Waals surface area contributed by atoms with Gasteiger partial charge in [0.2, 0.25) is 4.96 Å². The Morgan fingerprint density at radius 2 is 2.06 bits per heavy atom. The predicted molar refractivity (Wildman–Crippen MR) is 67.0 cm³/mol. The van der Waals surface area contributed by atoms with Crippen molar-refractivity contribution in [3.63, 3.8) is 0 Å². The lowest BCUT2D eigenvalue weighted by molar-refractivity contribution is 0.299. The number of rotatable bonds is 2. The molecule has 2 aromatic rings. The molecule has 0 aliphatic heterocycles. The van der Waals surface area contributed by atoms with Crippen molar-refractivity contribution in [2.45, 2.75) is 51.0 Å². The first-order chi connectivity index (χ1) is 8.23. The average molecular weight is 251 g/mol. The van der Waals surface area contributed by atoms with E-state index in [4.69, 9.17) is 5.73 Å². The van der Waals surface area contributed by atoms with E-state index in [0.717, 1.165) is 35.1 Å². The third-order valence-corrected chi connectivity index (χ3v) is 4.66. The third-order valence-electron chi connectivity index (χ3n) is 3.54. The molecular formula is C11H17N5S. The van der Waals surface area contributed by atoms with Crippen LogP contribution in [0, 0.1) is 0 Å². The van der Waals surface area contributed by atoms with Gasteiger partial charge in [-0.05, 0) is 12.8 Å². The first kappa shape index (κ1) is 11.1. The maximum Gasteiger partial charge on any atom is 0.234 e.